The van der Waals surface area contributed by atoms with Gasteiger partial charge in [-0.1, -0.05) is 41.9 Å². The van der Waals surface area contributed by atoms with Gasteiger partial charge in [0.1, 0.15) is 6.61 Å². The first kappa shape index (κ1) is 21.9. The first-order chi connectivity index (χ1) is 15.0. The van der Waals surface area contributed by atoms with E-state index in [1.165, 1.54) is 0 Å². The van der Waals surface area contributed by atoms with E-state index in [2.05, 4.69) is 6.07 Å². The molecule has 0 aromatic heterocycles. The Morgan fingerprint density at radius 3 is 2.29 bits per heavy atom. The van der Waals surface area contributed by atoms with Crippen molar-refractivity contribution in [3.8, 4) is 17.6 Å². The number of nitriles is 1. The maximum Gasteiger partial charge on any atom is 0.335 e. The molecular formula is C25H20ClNO4. The number of rotatable bonds is 8. The number of halogens is 1. The van der Waals surface area contributed by atoms with Crippen molar-refractivity contribution in [1.82, 2.24) is 0 Å². The summed E-state index contributed by atoms with van der Waals surface area (Å²) in [5, 5.41) is 19.2. The SMILES string of the molecule is CCOc1cc(/C=C(\C#N)c2ccc(Cl)cc2)ccc1OCc1ccc(C(=O)O)cc1. The van der Waals surface area contributed by atoms with Gasteiger partial charge in [0.25, 0.3) is 0 Å². The molecule has 0 saturated carbocycles. The summed E-state index contributed by atoms with van der Waals surface area (Å²) in [6.07, 6.45) is 1.78. The molecule has 0 aliphatic rings. The fraction of sp³-hybridized carbons (Fsp3) is 0.120. The van der Waals surface area contributed by atoms with E-state index in [9.17, 15) is 10.1 Å². The molecule has 31 heavy (non-hydrogen) atoms. The van der Waals surface area contributed by atoms with Crippen molar-refractivity contribution in [2.24, 2.45) is 0 Å². The molecule has 0 aliphatic carbocycles. The summed E-state index contributed by atoms with van der Waals surface area (Å²) in [7, 11) is 0. The van der Waals surface area contributed by atoms with E-state index in [0.29, 0.717) is 28.7 Å². The monoisotopic (exact) mass is 433 g/mol. The fourth-order valence-corrected chi connectivity index (χ4v) is 3.01. The van der Waals surface area contributed by atoms with E-state index in [1.807, 2.05) is 19.1 Å². The molecule has 0 radical (unpaired) electrons. The second-order valence-corrected chi connectivity index (χ2v) is 7.04. The molecule has 3 rings (SSSR count). The molecule has 3 aromatic rings. The highest BCUT2D eigenvalue weighted by Crippen LogP contribution is 2.31. The lowest BCUT2D eigenvalue weighted by Crippen LogP contribution is -2.01. The zero-order valence-corrected chi connectivity index (χ0v) is 17.6. The Labute approximate surface area is 185 Å². The lowest BCUT2D eigenvalue weighted by Gasteiger charge is -2.13. The maximum absolute atomic E-state index is 11.0. The quantitative estimate of drug-likeness (QED) is 0.344. The average molecular weight is 434 g/mol. The highest BCUT2D eigenvalue weighted by atomic mass is 35.5. The van der Waals surface area contributed by atoms with Crippen LogP contribution in [0.1, 0.15) is 34.0 Å². The number of carboxylic acids is 1. The number of hydrogen-bond acceptors (Lipinski definition) is 4. The Balaban J connectivity index is 1.80. The molecule has 3 aromatic carbocycles. The van der Waals surface area contributed by atoms with Crippen molar-refractivity contribution in [1.29, 1.82) is 5.26 Å². The molecule has 0 saturated heterocycles. The highest BCUT2D eigenvalue weighted by molar-refractivity contribution is 6.30. The van der Waals surface area contributed by atoms with E-state index < -0.39 is 5.97 Å². The Bertz CT molecular complexity index is 1130. The minimum absolute atomic E-state index is 0.226. The molecule has 0 bridgehead atoms. The van der Waals surface area contributed by atoms with E-state index in [4.69, 9.17) is 26.2 Å². The van der Waals surface area contributed by atoms with E-state index in [0.717, 1.165) is 16.7 Å². The lowest BCUT2D eigenvalue weighted by molar-refractivity contribution is 0.0697. The molecule has 0 aliphatic heterocycles. The number of allylic oxidation sites excluding steroid dienone is 1. The molecule has 0 heterocycles. The molecule has 0 amide bonds. The molecule has 5 nitrogen and oxygen atoms in total. The summed E-state index contributed by atoms with van der Waals surface area (Å²) in [6.45, 7) is 2.61. The van der Waals surface area contributed by atoms with Crippen LogP contribution in [0.3, 0.4) is 0 Å². The Morgan fingerprint density at radius 2 is 1.68 bits per heavy atom. The third kappa shape index (κ3) is 5.88. The molecule has 1 N–H and O–H groups in total. The maximum atomic E-state index is 11.0. The van der Waals surface area contributed by atoms with Crippen LogP contribution < -0.4 is 9.47 Å². The summed E-state index contributed by atoms with van der Waals surface area (Å²) >= 11 is 5.93. The third-order valence-corrected chi connectivity index (χ3v) is 4.70. The number of aromatic carboxylic acids is 1. The third-order valence-electron chi connectivity index (χ3n) is 4.45. The Morgan fingerprint density at radius 1 is 1.00 bits per heavy atom. The van der Waals surface area contributed by atoms with Crippen LogP contribution >= 0.6 is 11.6 Å². The van der Waals surface area contributed by atoms with E-state index in [-0.39, 0.29) is 12.2 Å². The topological polar surface area (TPSA) is 79.5 Å². The average Bonchev–Trinajstić information content (AvgIpc) is 2.78. The van der Waals surface area contributed by atoms with Gasteiger partial charge in [0.15, 0.2) is 11.5 Å². The van der Waals surface area contributed by atoms with Crippen molar-refractivity contribution in [2.75, 3.05) is 6.61 Å². The second-order valence-electron chi connectivity index (χ2n) is 6.61. The van der Waals surface area contributed by atoms with Gasteiger partial charge < -0.3 is 14.6 Å². The predicted molar refractivity (Wildman–Crippen MR) is 120 cm³/mol. The largest absolute Gasteiger partial charge is 0.490 e. The number of benzene rings is 3. The van der Waals surface area contributed by atoms with Crippen molar-refractivity contribution >= 4 is 29.2 Å². The molecule has 0 unspecified atom stereocenters. The molecular weight excluding hydrogens is 414 g/mol. The van der Waals surface area contributed by atoms with Gasteiger partial charge in [0, 0.05) is 5.02 Å². The van der Waals surface area contributed by atoms with Crippen molar-refractivity contribution in [3.05, 3.63) is 94.0 Å². The lowest BCUT2D eigenvalue weighted by atomic mass is 10.0. The van der Waals surface area contributed by atoms with Crippen molar-refractivity contribution in [3.63, 3.8) is 0 Å². The molecule has 0 fully saturated rings. The Hall–Kier alpha value is -3.75. The fourth-order valence-electron chi connectivity index (χ4n) is 2.88. The van der Waals surface area contributed by atoms with Crippen LogP contribution in [0.2, 0.25) is 5.02 Å². The van der Waals surface area contributed by atoms with Crippen LogP contribution in [-0.4, -0.2) is 17.7 Å². The summed E-state index contributed by atoms with van der Waals surface area (Å²) in [4.78, 5) is 11.0. The van der Waals surface area contributed by atoms with E-state index >= 15 is 0 Å². The minimum atomic E-state index is -0.968. The zero-order valence-electron chi connectivity index (χ0n) is 16.8. The van der Waals surface area contributed by atoms with Gasteiger partial charge in [0.2, 0.25) is 0 Å². The van der Waals surface area contributed by atoms with Crippen LogP contribution in [0.4, 0.5) is 0 Å². The van der Waals surface area contributed by atoms with Gasteiger partial charge >= 0.3 is 5.97 Å². The van der Waals surface area contributed by atoms with E-state index in [1.54, 1.807) is 60.7 Å². The number of carboxylic acid groups (broad SMARTS) is 1. The van der Waals surface area contributed by atoms with Crippen LogP contribution in [-0.2, 0) is 6.61 Å². The molecule has 0 atom stereocenters. The molecule has 156 valence electrons. The van der Waals surface area contributed by atoms with Crippen LogP contribution in [0.25, 0.3) is 11.6 Å². The first-order valence-electron chi connectivity index (χ1n) is 9.59. The van der Waals surface area contributed by atoms with Crippen LogP contribution in [0.15, 0.2) is 66.7 Å². The van der Waals surface area contributed by atoms with Gasteiger partial charge in [-0.25, -0.2) is 4.79 Å². The summed E-state index contributed by atoms with van der Waals surface area (Å²) in [5.41, 5.74) is 3.14. The predicted octanol–water partition coefficient (Wildman–Crippen LogP) is 6.08. The standard InChI is InChI=1S/C25H20ClNO4/c1-2-30-24-14-18(13-21(15-27)19-8-10-22(26)11-9-19)5-12-23(24)31-16-17-3-6-20(7-4-17)25(28)29/h3-14H,2,16H2,1H3,(H,28,29)/b21-13+. The summed E-state index contributed by atoms with van der Waals surface area (Å²) in [5.74, 6) is 0.156. The second kappa shape index (κ2) is 10.3. The zero-order chi connectivity index (χ0) is 22.2. The minimum Gasteiger partial charge on any atom is -0.490 e. The van der Waals surface area contributed by atoms with Crippen molar-refractivity contribution in [2.45, 2.75) is 13.5 Å². The van der Waals surface area contributed by atoms with Crippen molar-refractivity contribution < 1.29 is 19.4 Å². The molecule has 6 heteroatoms. The number of ether oxygens (including phenoxy) is 2. The van der Waals surface area contributed by atoms with Crippen LogP contribution in [0.5, 0.6) is 11.5 Å². The van der Waals surface area contributed by atoms with Gasteiger partial charge in [0.05, 0.1) is 23.8 Å². The van der Waals surface area contributed by atoms with Gasteiger partial charge in [-0.05, 0) is 66.1 Å². The van der Waals surface area contributed by atoms with Gasteiger partial charge in [-0.2, -0.15) is 5.26 Å². The number of nitrogens with zero attached hydrogens (tertiary/aromatic N) is 1. The summed E-state index contributed by atoms with van der Waals surface area (Å²) < 4.78 is 11.6. The van der Waals surface area contributed by atoms with Crippen LogP contribution in [0, 0.1) is 11.3 Å². The number of carbonyl (C=O) groups is 1. The first-order valence-corrected chi connectivity index (χ1v) is 9.97. The van der Waals surface area contributed by atoms with Gasteiger partial charge in [-0.15, -0.1) is 0 Å². The Kier molecular flexibility index (Phi) is 7.31. The smallest absolute Gasteiger partial charge is 0.335 e. The summed E-state index contributed by atoms with van der Waals surface area (Å²) in [6, 6.07) is 21.3. The normalized spacial score (nSPS) is 10.9. The number of hydrogen-bond donors (Lipinski definition) is 1. The van der Waals surface area contributed by atoms with Gasteiger partial charge in [-0.3, -0.25) is 0 Å². The molecule has 0 spiro atoms. The highest BCUT2D eigenvalue weighted by Gasteiger charge is 2.09.